The van der Waals surface area contributed by atoms with Crippen LogP contribution in [0, 0.1) is 6.92 Å². The van der Waals surface area contributed by atoms with Gasteiger partial charge in [0.15, 0.2) is 8.32 Å². The van der Waals surface area contributed by atoms with E-state index >= 15 is 0 Å². The molecule has 0 amide bonds. The van der Waals surface area contributed by atoms with Crippen LogP contribution in [0.2, 0.25) is 26.2 Å². The summed E-state index contributed by atoms with van der Waals surface area (Å²) < 4.78 is 5.51. The molecule has 0 aromatic heterocycles. The summed E-state index contributed by atoms with van der Waals surface area (Å²) in [5.41, 5.74) is 1.32. The molecule has 0 saturated carbocycles. The average molecular weight is 226 g/mol. The van der Waals surface area contributed by atoms with E-state index in [-0.39, 0.29) is 9.76 Å². The van der Waals surface area contributed by atoms with Crippen LogP contribution in [0.1, 0.15) is 5.56 Å². The van der Waals surface area contributed by atoms with Gasteiger partial charge in [-0.15, -0.1) is 0 Å². The molecule has 1 aromatic rings. The molecule has 0 N–H and O–H groups in total. The van der Waals surface area contributed by atoms with Crippen LogP contribution in [0.25, 0.3) is 0 Å². The summed E-state index contributed by atoms with van der Waals surface area (Å²) in [7, 11) is -1.22. The van der Waals surface area contributed by atoms with E-state index in [0.717, 1.165) is 0 Å². The zero-order chi connectivity index (χ0) is 11.0. The highest BCUT2D eigenvalue weighted by Gasteiger charge is 2.10. The first-order valence-electron chi connectivity index (χ1n) is 5.11. The van der Waals surface area contributed by atoms with Crippen molar-refractivity contribution in [2.75, 3.05) is 0 Å². The quantitative estimate of drug-likeness (QED) is 0.705. The van der Waals surface area contributed by atoms with Gasteiger partial charge in [-0.1, -0.05) is 42.4 Å². The standard InChI is InChI=1S/C7H8.C4H14OSi2/c1-7-5-3-2-4-6-7;1-6-5-7(2,3)4/h2-6H,1H3;6H2,1-4H3. The first-order chi connectivity index (χ1) is 6.45. The van der Waals surface area contributed by atoms with Crippen LogP contribution >= 0.6 is 0 Å². The van der Waals surface area contributed by atoms with Gasteiger partial charge in [0.2, 0.25) is 0 Å². The molecule has 0 heterocycles. The van der Waals surface area contributed by atoms with E-state index < -0.39 is 8.32 Å². The lowest BCUT2D eigenvalue weighted by atomic mass is 10.2. The number of benzene rings is 1. The van der Waals surface area contributed by atoms with Crippen LogP contribution in [0.15, 0.2) is 30.3 Å². The van der Waals surface area contributed by atoms with Crippen molar-refractivity contribution in [1.29, 1.82) is 0 Å². The van der Waals surface area contributed by atoms with Gasteiger partial charge < -0.3 is 4.12 Å². The molecule has 1 rings (SSSR count). The molecule has 0 aliphatic rings. The van der Waals surface area contributed by atoms with Gasteiger partial charge in [-0.25, -0.2) is 0 Å². The van der Waals surface area contributed by atoms with Crippen molar-refractivity contribution < 1.29 is 4.12 Å². The van der Waals surface area contributed by atoms with Crippen molar-refractivity contribution in [2.45, 2.75) is 33.1 Å². The number of hydrogen-bond acceptors (Lipinski definition) is 1. The SMILES string of the molecule is C[SiH2]O[Si](C)(C)C.Cc1ccccc1. The molecule has 0 bridgehead atoms. The molecule has 0 unspecified atom stereocenters. The Morgan fingerprint density at radius 2 is 1.57 bits per heavy atom. The first kappa shape index (κ1) is 13.6. The fourth-order valence-electron chi connectivity index (χ4n) is 0.967. The molecule has 1 nitrogen and oxygen atoms in total. The van der Waals surface area contributed by atoms with Crippen molar-refractivity contribution in [3.8, 4) is 0 Å². The minimum atomic E-state index is -1.10. The topological polar surface area (TPSA) is 9.23 Å². The van der Waals surface area contributed by atoms with Gasteiger partial charge in [0.25, 0.3) is 0 Å². The summed E-state index contributed by atoms with van der Waals surface area (Å²) in [4.78, 5) is 0. The predicted octanol–water partition coefficient (Wildman–Crippen LogP) is 2.96. The van der Waals surface area contributed by atoms with Gasteiger partial charge >= 0.3 is 0 Å². The average Bonchev–Trinajstić information content (AvgIpc) is 2.04. The fourth-order valence-corrected chi connectivity index (χ4v) is 4.43. The molecule has 0 radical (unpaired) electrons. The normalized spacial score (nSPS) is 11.2. The Labute approximate surface area is 91.6 Å². The second kappa shape index (κ2) is 6.98. The van der Waals surface area contributed by atoms with Crippen LogP contribution < -0.4 is 0 Å². The monoisotopic (exact) mass is 226 g/mol. The highest BCUT2D eigenvalue weighted by Crippen LogP contribution is 1.99. The fraction of sp³-hybridized carbons (Fsp3) is 0.455. The largest absolute Gasteiger partial charge is 0.461 e. The van der Waals surface area contributed by atoms with Crippen molar-refractivity contribution >= 4 is 18.1 Å². The zero-order valence-electron chi connectivity index (χ0n) is 10.0. The molecule has 0 fully saturated rings. The summed E-state index contributed by atoms with van der Waals surface area (Å²) in [5, 5.41) is 0. The van der Waals surface area contributed by atoms with Crippen LogP contribution in [-0.4, -0.2) is 18.1 Å². The summed E-state index contributed by atoms with van der Waals surface area (Å²) in [6, 6.07) is 10.3. The lowest BCUT2D eigenvalue weighted by Gasteiger charge is -2.14. The lowest BCUT2D eigenvalue weighted by Crippen LogP contribution is -2.26. The van der Waals surface area contributed by atoms with Gasteiger partial charge in [-0.05, 0) is 26.6 Å². The number of aryl methyl sites for hydroxylation is 1. The Morgan fingerprint density at radius 3 is 1.71 bits per heavy atom. The molecule has 0 aliphatic carbocycles. The van der Waals surface area contributed by atoms with E-state index in [9.17, 15) is 0 Å². The molecule has 3 heteroatoms. The maximum atomic E-state index is 5.51. The number of rotatable bonds is 2. The Kier molecular flexibility index (Phi) is 6.79. The lowest BCUT2D eigenvalue weighted by molar-refractivity contribution is 0.603. The third kappa shape index (κ3) is 9.70. The molecule has 14 heavy (non-hydrogen) atoms. The van der Waals surface area contributed by atoms with Gasteiger partial charge in [0, 0.05) is 0 Å². The maximum absolute atomic E-state index is 5.51. The second-order valence-corrected chi connectivity index (χ2v) is 10.2. The Morgan fingerprint density at radius 1 is 1.07 bits per heavy atom. The summed E-state index contributed by atoms with van der Waals surface area (Å²) in [5.74, 6) is 0. The zero-order valence-corrected chi connectivity index (χ0v) is 12.4. The predicted molar refractivity (Wildman–Crippen MR) is 70.0 cm³/mol. The Balaban J connectivity index is 0.000000241. The highest BCUT2D eigenvalue weighted by atomic mass is 28.4. The van der Waals surface area contributed by atoms with Crippen molar-refractivity contribution in [1.82, 2.24) is 0 Å². The third-order valence-corrected chi connectivity index (χ3v) is 6.14. The van der Waals surface area contributed by atoms with E-state index in [2.05, 4.69) is 45.2 Å². The molecule has 0 saturated heterocycles. The molecule has 0 spiro atoms. The van der Waals surface area contributed by atoms with Crippen LogP contribution in [0.3, 0.4) is 0 Å². The van der Waals surface area contributed by atoms with Gasteiger partial charge in [0.05, 0.1) is 0 Å². The van der Waals surface area contributed by atoms with Crippen molar-refractivity contribution in [2.24, 2.45) is 0 Å². The second-order valence-electron chi connectivity index (χ2n) is 4.20. The number of hydrogen-bond donors (Lipinski definition) is 0. The van der Waals surface area contributed by atoms with Gasteiger partial charge in [-0.2, -0.15) is 0 Å². The minimum Gasteiger partial charge on any atom is -0.461 e. The molecule has 0 aliphatic heterocycles. The van der Waals surface area contributed by atoms with E-state index in [1.807, 2.05) is 18.2 Å². The summed E-state index contributed by atoms with van der Waals surface area (Å²) in [6.07, 6.45) is 0. The maximum Gasteiger partial charge on any atom is 0.169 e. The highest BCUT2D eigenvalue weighted by molar-refractivity contribution is 6.73. The molecule has 0 atom stereocenters. The van der Waals surface area contributed by atoms with Crippen LogP contribution in [0.4, 0.5) is 0 Å². The Hall–Kier alpha value is -0.386. The van der Waals surface area contributed by atoms with Gasteiger partial charge in [-0.3, -0.25) is 0 Å². The van der Waals surface area contributed by atoms with Crippen LogP contribution in [0.5, 0.6) is 0 Å². The smallest absolute Gasteiger partial charge is 0.169 e. The van der Waals surface area contributed by atoms with Crippen molar-refractivity contribution in [3.63, 3.8) is 0 Å². The van der Waals surface area contributed by atoms with Crippen molar-refractivity contribution in [3.05, 3.63) is 35.9 Å². The molecule has 1 aromatic carbocycles. The van der Waals surface area contributed by atoms with Gasteiger partial charge in [0.1, 0.15) is 9.76 Å². The third-order valence-electron chi connectivity index (χ3n) is 1.52. The molecular formula is C11H22OSi2. The first-order valence-corrected chi connectivity index (χ1v) is 10.5. The summed E-state index contributed by atoms with van der Waals surface area (Å²) in [6.45, 7) is 10.9. The molecule has 80 valence electrons. The van der Waals surface area contributed by atoms with E-state index in [1.165, 1.54) is 5.56 Å². The van der Waals surface area contributed by atoms with E-state index in [0.29, 0.717) is 0 Å². The minimum absolute atomic E-state index is 0.128. The van der Waals surface area contributed by atoms with E-state index in [1.54, 1.807) is 0 Å². The van der Waals surface area contributed by atoms with E-state index in [4.69, 9.17) is 4.12 Å². The Bertz CT molecular complexity index is 229. The van der Waals surface area contributed by atoms with Crippen LogP contribution in [-0.2, 0) is 4.12 Å². The summed E-state index contributed by atoms with van der Waals surface area (Å²) >= 11 is 0. The molecular weight excluding hydrogens is 204 g/mol.